The van der Waals surface area contributed by atoms with E-state index in [1.165, 1.54) is 17.0 Å². The van der Waals surface area contributed by atoms with Crippen LogP contribution in [0.5, 0.6) is 5.75 Å². The van der Waals surface area contributed by atoms with Crippen molar-refractivity contribution >= 4 is 44.7 Å². The summed E-state index contributed by atoms with van der Waals surface area (Å²) in [6.45, 7) is 3.81. The number of amides is 3. The number of carbonyl (C=O) groups is 2. The Morgan fingerprint density at radius 1 is 1.18 bits per heavy atom. The van der Waals surface area contributed by atoms with Gasteiger partial charge in [0.05, 0.1) is 30.4 Å². The summed E-state index contributed by atoms with van der Waals surface area (Å²) in [7, 11) is -2.29. The van der Waals surface area contributed by atoms with Crippen LogP contribution in [0.15, 0.2) is 70.3 Å². The fourth-order valence-electron chi connectivity index (χ4n) is 4.25. The maximum atomic E-state index is 13.6. The average Bonchev–Trinajstić information content (AvgIpc) is 3.47. The zero-order valence-electron chi connectivity index (χ0n) is 21.9. The first-order valence-electron chi connectivity index (χ1n) is 12.5. The Balaban J connectivity index is 1.68. The minimum Gasteiger partial charge on any atom is -0.485 e. The van der Waals surface area contributed by atoms with Gasteiger partial charge in [0.15, 0.2) is 5.75 Å². The second-order valence-electron chi connectivity index (χ2n) is 9.52. The molecule has 0 saturated heterocycles. The number of aliphatic hydroxyl groups is 1. The number of sulfonamides is 1. The van der Waals surface area contributed by atoms with Gasteiger partial charge >= 0.3 is 6.03 Å². The molecule has 3 aromatic rings. The number of nitrogens with zero attached hydrogens (tertiary/aromatic N) is 2. The summed E-state index contributed by atoms with van der Waals surface area (Å²) >= 11 is 1.07. The molecule has 0 spiro atoms. The molecule has 208 valence electrons. The Morgan fingerprint density at radius 2 is 1.92 bits per heavy atom. The Morgan fingerprint density at radius 3 is 2.59 bits per heavy atom. The van der Waals surface area contributed by atoms with Gasteiger partial charge in [-0.3, -0.25) is 9.52 Å². The number of benzene rings is 2. The number of hydrogen-bond acceptors (Lipinski definition) is 7. The highest BCUT2D eigenvalue weighted by Crippen LogP contribution is 2.36. The molecular weight excluding hydrogens is 540 g/mol. The molecule has 39 heavy (non-hydrogen) atoms. The maximum absolute atomic E-state index is 13.6. The van der Waals surface area contributed by atoms with Crippen LogP contribution in [-0.2, 0) is 10.0 Å². The van der Waals surface area contributed by atoms with E-state index in [9.17, 15) is 23.1 Å². The van der Waals surface area contributed by atoms with Crippen molar-refractivity contribution in [2.75, 3.05) is 36.8 Å². The van der Waals surface area contributed by atoms with E-state index in [0.29, 0.717) is 5.69 Å². The molecule has 3 amide bonds. The van der Waals surface area contributed by atoms with Gasteiger partial charge in [-0.25, -0.2) is 13.2 Å². The molecule has 3 N–H and O–H groups in total. The molecule has 1 aromatic heterocycles. The van der Waals surface area contributed by atoms with Crippen LogP contribution in [0.4, 0.5) is 16.2 Å². The van der Waals surface area contributed by atoms with Crippen LogP contribution in [0.1, 0.15) is 24.2 Å². The number of ether oxygens (including phenoxy) is 1. The summed E-state index contributed by atoms with van der Waals surface area (Å²) in [6.07, 6.45) is -0.607. The van der Waals surface area contributed by atoms with Crippen LogP contribution >= 0.6 is 11.3 Å². The lowest BCUT2D eigenvalue weighted by Crippen LogP contribution is -2.50. The summed E-state index contributed by atoms with van der Waals surface area (Å²) in [5.41, 5.74) is 0.918. The van der Waals surface area contributed by atoms with E-state index in [4.69, 9.17) is 4.74 Å². The Labute approximate surface area is 232 Å². The molecule has 0 aliphatic carbocycles. The molecule has 0 radical (unpaired) electrons. The molecule has 3 atom stereocenters. The number of likely N-dealkylation sites (N-methyl/N-ethyl adjacent to an activating group) is 1. The average molecular weight is 573 g/mol. The lowest BCUT2D eigenvalue weighted by molar-refractivity contribution is 0.0373. The van der Waals surface area contributed by atoms with Gasteiger partial charge in [-0.15, -0.1) is 11.3 Å². The van der Waals surface area contributed by atoms with Crippen LogP contribution in [0.2, 0.25) is 0 Å². The highest BCUT2D eigenvalue weighted by Gasteiger charge is 2.35. The van der Waals surface area contributed by atoms with E-state index in [0.717, 1.165) is 11.3 Å². The predicted octanol–water partition coefficient (Wildman–Crippen LogP) is 3.93. The SMILES string of the molecule is C[C@@H]1CN([C@@H](C)CO)C(=O)c2cccc(NS(=O)(=O)c3cccs3)c2O[C@H]1CN(C)C(=O)Nc1ccccc1. The molecule has 0 fully saturated rings. The number of rotatable bonds is 8. The summed E-state index contributed by atoms with van der Waals surface area (Å²) in [6, 6.07) is 16.0. The normalized spacial score (nSPS) is 18.3. The monoisotopic (exact) mass is 572 g/mol. The van der Waals surface area contributed by atoms with Crippen LogP contribution < -0.4 is 14.8 Å². The first-order valence-corrected chi connectivity index (χ1v) is 14.8. The highest BCUT2D eigenvalue weighted by molar-refractivity contribution is 7.94. The van der Waals surface area contributed by atoms with E-state index in [2.05, 4.69) is 10.0 Å². The van der Waals surface area contributed by atoms with Gasteiger partial charge in [-0.2, -0.15) is 0 Å². The summed E-state index contributed by atoms with van der Waals surface area (Å²) in [4.78, 5) is 29.6. The zero-order chi connectivity index (χ0) is 28.2. The molecular formula is C27H32N4O6S2. The van der Waals surface area contributed by atoms with E-state index in [1.807, 2.05) is 25.1 Å². The maximum Gasteiger partial charge on any atom is 0.321 e. The summed E-state index contributed by atoms with van der Waals surface area (Å²) in [5.74, 6) is -0.583. The number of urea groups is 1. The van der Waals surface area contributed by atoms with Gasteiger partial charge in [0.25, 0.3) is 15.9 Å². The molecule has 2 heterocycles. The van der Waals surface area contributed by atoms with E-state index >= 15 is 0 Å². The van der Waals surface area contributed by atoms with Crippen molar-refractivity contribution in [2.45, 2.75) is 30.2 Å². The number of anilines is 2. The van der Waals surface area contributed by atoms with Crippen molar-refractivity contribution in [1.82, 2.24) is 9.80 Å². The molecule has 10 nitrogen and oxygen atoms in total. The molecule has 4 rings (SSSR count). The quantitative estimate of drug-likeness (QED) is 0.375. The van der Waals surface area contributed by atoms with Gasteiger partial charge in [0.2, 0.25) is 0 Å². The standard InChI is InChI=1S/C27H32N4O6S2/c1-18-15-31(19(2)17-32)26(33)21-11-7-12-22(29-39(35,36)24-13-8-14-38-24)25(21)37-23(18)16-30(3)27(34)28-20-9-5-4-6-10-20/h4-14,18-19,23,29,32H,15-17H2,1-3H3,(H,28,34)/t18-,19+,23+/m1/s1. The van der Waals surface area contributed by atoms with Crippen molar-refractivity contribution in [2.24, 2.45) is 5.92 Å². The Kier molecular flexibility index (Phi) is 8.78. The Bertz CT molecular complexity index is 1400. The first-order chi connectivity index (χ1) is 18.6. The van der Waals surface area contributed by atoms with Crippen molar-refractivity contribution < 1.29 is 27.9 Å². The van der Waals surface area contributed by atoms with E-state index < -0.39 is 22.2 Å². The van der Waals surface area contributed by atoms with Crippen LogP contribution in [0.25, 0.3) is 0 Å². The van der Waals surface area contributed by atoms with E-state index in [1.54, 1.807) is 54.6 Å². The smallest absolute Gasteiger partial charge is 0.321 e. The number of hydrogen-bond donors (Lipinski definition) is 3. The highest BCUT2D eigenvalue weighted by atomic mass is 32.2. The second kappa shape index (κ2) is 12.1. The summed E-state index contributed by atoms with van der Waals surface area (Å²) in [5, 5.41) is 14.4. The Hall–Kier alpha value is -3.61. The number of nitrogens with one attached hydrogen (secondary N) is 2. The predicted molar refractivity (Wildman–Crippen MR) is 151 cm³/mol. The van der Waals surface area contributed by atoms with Crippen molar-refractivity contribution in [3.05, 3.63) is 71.6 Å². The van der Waals surface area contributed by atoms with Crippen molar-refractivity contribution in [3.8, 4) is 5.75 Å². The van der Waals surface area contributed by atoms with Gasteiger partial charge in [-0.05, 0) is 42.6 Å². The lowest BCUT2D eigenvalue weighted by Gasteiger charge is -2.38. The topological polar surface area (TPSA) is 128 Å². The molecule has 0 unspecified atom stereocenters. The zero-order valence-corrected chi connectivity index (χ0v) is 23.5. The number of para-hydroxylation sites is 2. The minimum absolute atomic E-state index is 0.0752. The third kappa shape index (κ3) is 6.52. The number of carbonyl (C=O) groups excluding carboxylic acids is 2. The molecule has 0 bridgehead atoms. The van der Waals surface area contributed by atoms with Gasteiger partial charge in [0.1, 0.15) is 10.3 Å². The van der Waals surface area contributed by atoms with Crippen LogP contribution in [-0.4, -0.2) is 74.2 Å². The van der Waals surface area contributed by atoms with Crippen molar-refractivity contribution in [1.29, 1.82) is 0 Å². The third-order valence-electron chi connectivity index (χ3n) is 6.52. The third-order valence-corrected chi connectivity index (χ3v) is 9.28. The fraction of sp³-hybridized carbons (Fsp3) is 0.333. The number of aliphatic hydroxyl groups excluding tert-OH is 1. The largest absolute Gasteiger partial charge is 0.485 e. The molecule has 1 aliphatic rings. The fourth-order valence-corrected chi connectivity index (χ4v) is 6.30. The van der Waals surface area contributed by atoms with Gasteiger partial charge in [-0.1, -0.05) is 37.3 Å². The molecule has 12 heteroatoms. The van der Waals surface area contributed by atoms with Crippen molar-refractivity contribution in [3.63, 3.8) is 0 Å². The lowest BCUT2D eigenvalue weighted by atomic mass is 9.99. The van der Waals surface area contributed by atoms with E-state index in [-0.39, 0.29) is 58.8 Å². The number of thiophene rings is 1. The number of fused-ring (bicyclic) bond motifs is 1. The van der Waals surface area contributed by atoms with Gasteiger partial charge < -0.3 is 25.0 Å². The van der Waals surface area contributed by atoms with Crippen LogP contribution in [0.3, 0.4) is 0 Å². The first kappa shape index (κ1) is 28.4. The van der Waals surface area contributed by atoms with Gasteiger partial charge in [0, 0.05) is 25.2 Å². The second-order valence-corrected chi connectivity index (χ2v) is 12.4. The molecule has 2 aromatic carbocycles. The minimum atomic E-state index is -3.93. The molecule has 0 saturated carbocycles. The van der Waals surface area contributed by atoms with Crippen LogP contribution in [0, 0.1) is 5.92 Å². The summed E-state index contributed by atoms with van der Waals surface area (Å²) < 4.78 is 35.2. The molecule has 1 aliphatic heterocycles.